The fourth-order valence-corrected chi connectivity index (χ4v) is 1.86. The van der Waals surface area contributed by atoms with Crippen molar-refractivity contribution in [1.29, 1.82) is 0 Å². The number of nitrogen functional groups attached to an aromatic ring is 1. The zero-order chi connectivity index (χ0) is 13.1. The molecule has 0 aliphatic carbocycles. The van der Waals surface area contributed by atoms with E-state index in [-0.39, 0.29) is 5.95 Å². The summed E-state index contributed by atoms with van der Waals surface area (Å²) in [5.41, 5.74) is 7.65. The number of aromatic nitrogens is 2. The normalized spacial score (nSPS) is 10.2. The van der Waals surface area contributed by atoms with Gasteiger partial charge in [0.1, 0.15) is 5.82 Å². The van der Waals surface area contributed by atoms with E-state index in [2.05, 4.69) is 31.2 Å². The number of nitrogens with two attached hydrogens (primary N) is 1. The van der Waals surface area contributed by atoms with Gasteiger partial charge >= 0.3 is 0 Å². The van der Waals surface area contributed by atoms with Crippen LogP contribution in [0.5, 0.6) is 5.88 Å². The standard InChI is InChI=1S/C12H13BrN4O/c1-7-4-3-5-8(11(7)13)15-9-6-10(18-2)17-12(14)16-9/h3-6H,1-2H3,(H3,14,15,16,17). The van der Waals surface area contributed by atoms with Crippen LogP contribution in [0.3, 0.4) is 0 Å². The van der Waals surface area contributed by atoms with Crippen LogP contribution in [0.25, 0.3) is 0 Å². The highest BCUT2D eigenvalue weighted by Crippen LogP contribution is 2.28. The van der Waals surface area contributed by atoms with Crippen molar-refractivity contribution < 1.29 is 4.74 Å². The van der Waals surface area contributed by atoms with Gasteiger partial charge in [0.2, 0.25) is 11.8 Å². The molecule has 1 heterocycles. The molecule has 0 unspecified atom stereocenters. The zero-order valence-corrected chi connectivity index (χ0v) is 11.7. The summed E-state index contributed by atoms with van der Waals surface area (Å²) in [7, 11) is 1.54. The molecular weight excluding hydrogens is 296 g/mol. The molecule has 3 N–H and O–H groups in total. The van der Waals surface area contributed by atoms with Gasteiger partial charge in [-0.2, -0.15) is 9.97 Å². The van der Waals surface area contributed by atoms with E-state index in [0.29, 0.717) is 11.7 Å². The molecule has 2 rings (SSSR count). The maximum atomic E-state index is 5.60. The maximum absolute atomic E-state index is 5.60. The number of anilines is 3. The highest BCUT2D eigenvalue weighted by molar-refractivity contribution is 9.10. The second-order valence-electron chi connectivity index (χ2n) is 3.72. The minimum absolute atomic E-state index is 0.167. The first-order valence-electron chi connectivity index (χ1n) is 5.31. The summed E-state index contributed by atoms with van der Waals surface area (Å²) < 4.78 is 6.03. The SMILES string of the molecule is COc1cc(Nc2cccc(C)c2Br)nc(N)n1. The second kappa shape index (κ2) is 5.22. The van der Waals surface area contributed by atoms with Gasteiger partial charge in [-0.3, -0.25) is 0 Å². The number of hydrogen-bond donors (Lipinski definition) is 2. The van der Waals surface area contributed by atoms with Crippen LogP contribution in [0.4, 0.5) is 17.5 Å². The molecule has 6 heteroatoms. The van der Waals surface area contributed by atoms with Crippen LogP contribution >= 0.6 is 15.9 Å². The minimum atomic E-state index is 0.167. The van der Waals surface area contributed by atoms with E-state index in [1.165, 1.54) is 7.11 Å². The van der Waals surface area contributed by atoms with Crippen LogP contribution in [-0.4, -0.2) is 17.1 Å². The van der Waals surface area contributed by atoms with Gasteiger partial charge in [0.05, 0.1) is 12.8 Å². The quantitative estimate of drug-likeness (QED) is 0.912. The third-order valence-corrected chi connectivity index (χ3v) is 3.44. The van der Waals surface area contributed by atoms with Gasteiger partial charge in [0.25, 0.3) is 0 Å². The van der Waals surface area contributed by atoms with Crippen molar-refractivity contribution in [3.63, 3.8) is 0 Å². The molecule has 0 radical (unpaired) electrons. The summed E-state index contributed by atoms with van der Waals surface area (Å²) >= 11 is 3.52. The predicted octanol–water partition coefficient (Wildman–Crippen LogP) is 2.88. The van der Waals surface area contributed by atoms with Gasteiger partial charge < -0.3 is 15.8 Å². The Morgan fingerprint density at radius 3 is 2.83 bits per heavy atom. The molecule has 2 aromatic rings. The molecule has 0 aliphatic heterocycles. The minimum Gasteiger partial charge on any atom is -0.481 e. The van der Waals surface area contributed by atoms with Crippen LogP contribution in [0, 0.1) is 6.92 Å². The number of aryl methyl sites for hydroxylation is 1. The van der Waals surface area contributed by atoms with Crippen LogP contribution in [0.2, 0.25) is 0 Å². The van der Waals surface area contributed by atoms with E-state index in [9.17, 15) is 0 Å². The second-order valence-corrected chi connectivity index (χ2v) is 4.51. The van der Waals surface area contributed by atoms with E-state index in [4.69, 9.17) is 10.5 Å². The highest BCUT2D eigenvalue weighted by Gasteiger charge is 2.06. The molecule has 0 saturated carbocycles. The summed E-state index contributed by atoms with van der Waals surface area (Å²) in [5.74, 6) is 1.18. The van der Waals surface area contributed by atoms with Crippen molar-refractivity contribution in [2.75, 3.05) is 18.2 Å². The van der Waals surface area contributed by atoms with Crippen molar-refractivity contribution in [3.8, 4) is 5.88 Å². The molecule has 1 aromatic heterocycles. The van der Waals surface area contributed by atoms with Crippen molar-refractivity contribution in [2.24, 2.45) is 0 Å². The first kappa shape index (κ1) is 12.6. The molecule has 0 amide bonds. The predicted molar refractivity (Wildman–Crippen MR) is 75.2 cm³/mol. The number of hydrogen-bond acceptors (Lipinski definition) is 5. The molecule has 94 valence electrons. The number of ether oxygens (including phenoxy) is 1. The van der Waals surface area contributed by atoms with Crippen molar-refractivity contribution in [3.05, 3.63) is 34.3 Å². The fraction of sp³-hybridized carbons (Fsp3) is 0.167. The topological polar surface area (TPSA) is 73.1 Å². The van der Waals surface area contributed by atoms with Gasteiger partial charge in [-0.15, -0.1) is 0 Å². The molecule has 0 fully saturated rings. The summed E-state index contributed by atoms with van der Waals surface area (Å²) in [6.07, 6.45) is 0. The Morgan fingerprint density at radius 1 is 1.33 bits per heavy atom. The smallest absolute Gasteiger partial charge is 0.225 e. The van der Waals surface area contributed by atoms with E-state index in [1.54, 1.807) is 6.07 Å². The third-order valence-electron chi connectivity index (χ3n) is 2.38. The van der Waals surface area contributed by atoms with Gasteiger partial charge in [-0.25, -0.2) is 0 Å². The molecule has 0 saturated heterocycles. The fourth-order valence-electron chi connectivity index (χ4n) is 1.49. The van der Waals surface area contributed by atoms with Crippen LogP contribution in [-0.2, 0) is 0 Å². The Balaban J connectivity index is 2.34. The van der Waals surface area contributed by atoms with Gasteiger partial charge in [-0.05, 0) is 34.5 Å². The molecule has 0 spiro atoms. The lowest BCUT2D eigenvalue weighted by Gasteiger charge is -2.10. The van der Waals surface area contributed by atoms with Crippen LogP contribution in [0.15, 0.2) is 28.7 Å². The number of benzene rings is 1. The molecule has 0 aliphatic rings. The van der Waals surface area contributed by atoms with Gasteiger partial charge in [-0.1, -0.05) is 12.1 Å². The Labute approximate surface area is 114 Å². The number of nitrogens with one attached hydrogen (secondary N) is 1. The monoisotopic (exact) mass is 308 g/mol. The largest absolute Gasteiger partial charge is 0.481 e. The lowest BCUT2D eigenvalue weighted by atomic mass is 10.2. The molecule has 5 nitrogen and oxygen atoms in total. The summed E-state index contributed by atoms with van der Waals surface area (Å²) in [4.78, 5) is 8.03. The number of nitrogens with zero attached hydrogens (tertiary/aromatic N) is 2. The molecule has 0 atom stereocenters. The van der Waals surface area contributed by atoms with E-state index in [0.717, 1.165) is 15.7 Å². The van der Waals surface area contributed by atoms with Gasteiger partial charge in [0.15, 0.2) is 0 Å². The lowest BCUT2D eigenvalue weighted by molar-refractivity contribution is 0.398. The Morgan fingerprint density at radius 2 is 2.11 bits per heavy atom. The lowest BCUT2D eigenvalue weighted by Crippen LogP contribution is -2.02. The third kappa shape index (κ3) is 2.70. The van der Waals surface area contributed by atoms with E-state index in [1.807, 2.05) is 25.1 Å². The number of methoxy groups -OCH3 is 1. The number of rotatable bonds is 3. The maximum Gasteiger partial charge on any atom is 0.225 e. The molecular formula is C12H13BrN4O. The van der Waals surface area contributed by atoms with Crippen LogP contribution < -0.4 is 15.8 Å². The average molecular weight is 309 g/mol. The average Bonchev–Trinajstić information content (AvgIpc) is 2.34. The van der Waals surface area contributed by atoms with Crippen molar-refractivity contribution in [1.82, 2.24) is 9.97 Å². The Hall–Kier alpha value is -1.82. The highest BCUT2D eigenvalue weighted by atomic mass is 79.9. The molecule has 1 aromatic carbocycles. The summed E-state index contributed by atoms with van der Waals surface area (Å²) in [5, 5.41) is 3.17. The van der Waals surface area contributed by atoms with E-state index < -0.39 is 0 Å². The first-order valence-corrected chi connectivity index (χ1v) is 6.10. The van der Waals surface area contributed by atoms with Crippen molar-refractivity contribution >= 4 is 33.4 Å². The molecule has 18 heavy (non-hydrogen) atoms. The van der Waals surface area contributed by atoms with E-state index >= 15 is 0 Å². The Bertz CT molecular complexity index is 574. The Kier molecular flexibility index (Phi) is 3.66. The summed E-state index contributed by atoms with van der Waals surface area (Å²) in [6.45, 7) is 2.02. The molecule has 0 bridgehead atoms. The summed E-state index contributed by atoms with van der Waals surface area (Å²) in [6, 6.07) is 7.61. The zero-order valence-electron chi connectivity index (χ0n) is 10.1. The van der Waals surface area contributed by atoms with Crippen LogP contribution in [0.1, 0.15) is 5.56 Å². The van der Waals surface area contributed by atoms with Gasteiger partial charge in [0, 0.05) is 10.5 Å². The van der Waals surface area contributed by atoms with Crippen molar-refractivity contribution in [2.45, 2.75) is 6.92 Å². The number of halogens is 1. The first-order chi connectivity index (χ1) is 8.60.